The van der Waals surface area contributed by atoms with Gasteiger partial charge in [0.2, 0.25) is 11.6 Å². The van der Waals surface area contributed by atoms with Crippen LogP contribution in [0.2, 0.25) is 0 Å². The molecule has 0 atom stereocenters. The van der Waals surface area contributed by atoms with Crippen molar-refractivity contribution < 1.29 is 4.92 Å². The van der Waals surface area contributed by atoms with Crippen LogP contribution in [-0.2, 0) is 0 Å². The second-order valence-corrected chi connectivity index (χ2v) is 6.63. The molecular formula is C21H18N6O2. The number of rotatable bonds is 5. The van der Waals surface area contributed by atoms with Crippen molar-refractivity contribution in [3.63, 3.8) is 0 Å². The highest BCUT2D eigenvalue weighted by Crippen LogP contribution is 2.34. The summed E-state index contributed by atoms with van der Waals surface area (Å²) in [6, 6.07) is 17.0. The van der Waals surface area contributed by atoms with Gasteiger partial charge >= 0.3 is 5.69 Å². The Labute approximate surface area is 166 Å². The molecule has 0 aliphatic heterocycles. The molecule has 0 spiro atoms. The number of fused-ring (bicyclic) bond motifs is 1. The molecule has 0 fully saturated rings. The third kappa shape index (κ3) is 3.81. The van der Waals surface area contributed by atoms with Crippen molar-refractivity contribution >= 4 is 39.6 Å². The third-order valence-electron chi connectivity index (χ3n) is 4.40. The first kappa shape index (κ1) is 18.3. The topological polar surface area (TPSA) is 106 Å². The lowest BCUT2D eigenvalue weighted by Crippen LogP contribution is -2.06. The van der Waals surface area contributed by atoms with Gasteiger partial charge < -0.3 is 10.6 Å². The van der Waals surface area contributed by atoms with Gasteiger partial charge in [-0.2, -0.15) is 0 Å². The number of para-hydroxylation sites is 1. The Hall–Kier alpha value is -4.07. The van der Waals surface area contributed by atoms with Crippen molar-refractivity contribution in [2.75, 3.05) is 10.6 Å². The fourth-order valence-corrected chi connectivity index (χ4v) is 3.07. The van der Waals surface area contributed by atoms with E-state index in [9.17, 15) is 10.1 Å². The zero-order valence-corrected chi connectivity index (χ0v) is 15.9. The van der Waals surface area contributed by atoms with Crippen molar-refractivity contribution in [2.45, 2.75) is 13.8 Å². The number of hydrogen-bond acceptors (Lipinski definition) is 7. The third-order valence-corrected chi connectivity index (χ3v) is 4.40. The normalized spacial score (nSPS) is 10.7. The number of anilines is 4. The minimum Gasteiger partial charge on any atom is -0.334 e. The van der Waals surface area contributed by atoms with Crippen LogP contribution in [0.15, 0.2) is 60.9 Å². The van der Waals surface area contributed by atoms with Crippen LogP contribution in [0, 0.1) is 24.0 Å². The molecule has 0 bridgehead atoms. The first-order valence-corrected chi connectivity index (χ1v) is 8.98. The molecule has 0 saturated heterocycles. The van der Waals surface area contributed by atoms with E-state index in [0.717, 1.165) is 16.6 Å². The van der Waals surface area contributed by atoms with Gasteiger partial charge in [-0.15, -0.1) is 0 Å². The van der Waals surface area contributed by atoms with Crippen LogP contribution in [0.1, 0.15) is 11.3 Å². The molecule has 0 radical (unpaired) electrons. The van der Waals surface area contributed by atoms with Crippen molar-refractivity contribution in [2.24, 2.45) is 0 Å². The van der Waals surface area contributed by atoms with Crippen LogP contribution in [0.5, 0.6) is 0 Å². The van der Waals surface area contributed by atoms with Gasteiger partial charge in [0, 0.05) is 16.8 Å². The molecule has 0 saturated carbocycles. The maximum absolute atomic E-state index is 11.8. The van der Waals surface area contributed by atoms with E-state index >= 15 is 0 Å². The van der Waals surface area contributed by atoms with Gasteiger partial charge in [-0.1, -0.05) is 30.3 Å². The molecule has 0 unspecified atom stereocenters. The van der Waals surface area contributed by atoms with Crippen LogP contribution in [-0.4, -0.2) is 19.9 Å². The highest BCUT2D eigenvalue weighted by molar-refractivity contribution is 5.93. The molecular weight excluding hydrogens is 368 g/mol. The predicted octanol–water partition coefficient (Wildman–Crippen LogP) is 5.04. The first-order chi connectivity index (χ1) is 14.0. The maximum Gasteiger partial charge on any atom is 0.353 e. The van der Waals surface area contributed by atoms with E-state index in [1.165, 1.54) is 6.33 Å². The molecule has 0 aliphatic rings. The lowest BCUT2D eigenvalue weighted by molar-refractivity contribution is -0.383. The number of nitrogens with one attached hydrogen (secondary N) is 2. The number of benzene rings is 2. The summed E-state index contributed by atoms with van der Waals surface area (Å²) in [5.41, 5.74) is 3.70. The zero-order valence-electron chi connectivity index (χ0n) is 15.9. The van der Waals surface area contributed by atoms with Crippen LogP contribution < -0.4 is 10.6 Å². The zero-order chi connectivity index (χ0) is 20.4. The van der Waals surface area contributed by atoms with E-state index in [1.54, 1.807) is 0 Å². The fourth-order valence-electron chi connectivity index (χ4n) is 3.07. The van der Waals surface area contributed by atoms with Crippen molar-refractivity contribution in [1.29, 1.82) is 0 Å². The Morgan fingerprint density at radius 3 is 2.45 bits per heavy atom. The number of pyridine rings is 1. The Bertz CT molecular complexity index is 1220. The van der Waals surface area contributed by atoms with E-state index in [4.69, 9.17) is 0 Å². The highest BCUT2D eigenvalue weighted by Gasteiger charge is 2.24. The largest absolute Gasteiger partial charge is 0.353 e. The monoisotopic (exact) mass is 386 g/mol. The average molecular weight is 386 g/mol. The number of aromatic nitrogens is 3. The van der Waals surface area contributed by atoms with E-state index in [0.29, 0.717) is 16.9 Å². The standard InChI is InChI=1S/C21H18N6O2/c1-13-5-3-7-16(11-13)25-20-19(27(28)29)21(23-12-22-20)26-17-8-4-6-15-10-9-14(2)24-18(15)17/h3-12H,1-2H3,(H2,22,23,25,26). The summed E-state index contributed by atoms with van der Waals surface area (Å²) in [5, 5.41) is 18.8. The molecule has 4 aromatic rings. The van der Waals surface area contributed by atoms with Gasteiger partial charge in [0.15, 0.2) is 0 Å². The Morgan fingerprint density at radius 1 is 0.931 bits per heavy atom. The number of nitrogens with zero attached hydrogens (tertiary/aromatic N) is 4. The van der Waals surface area contributed by atoms with Crippen LogP contribution in [0.3, 0.4) is 0 Å². The quantitative estimate of drug-likeness (QED) is 0.366. The van der Waals surface area contributed by atoms with Crippen LogP contribution in [0.25, 0.3) is 10.9 Å². The Morgan fingerprint density at radius 2 is 1.69 bits per heavy atom. The molecule has 29 heavy (non-hydrogen) atoms. The summed E-state index contributed by atoms with van der Waals surface area (Å²) in [7, 11) is 0. The second-order valence-electron chi connectivity index (χ2n) is 6.63. The maximum atomic E-state index is 11.8. The minimum absolute atomic E-state index is 0.0935. The smallest absolute Gasteiger partial charge is 0.334 e. The van der Waals surface area contributed by atoms with Gasteiger partial charge in [0.25, 0.3) is 0 Å². The molecule has 2 heterocycles. The molecule has 2 aromatic carbocycles. The predicted molar refractivity (Wildman–Crippen MR) is 113 cm³/mol. The lowest BCUT2D eigenvalue weighted by atomic mass is 10.1. The van der Waals surface area contributed by atoms with Crippen molar-refractivity contribution in [3.05, 3.63) is 82.3 Å². The van der Waals surface area contributed by atoms with E-state index in [-0.39, 0.29) is 17.3 Å². The molecule has 0 amide bonds. The van der Waals surface area contributed by atoms with Crippen molar-refractivity contribution in [3.8, 4) is 0 Å². The van der Waals surface area contributed by atoms with Crippen molar-refractivity contribution in [1.82, 2.24) is 15.0 Å². The summed E-state index contributed by atoms with van der Waals surface area (Å²) < 4.78 is 0. The minimum atomic E-state index is -0.496. The molecule has 144 valence electrons. The molecule has 4 rings (SSSR count). The number of hydrogen-bond donors (Lipinski definition) is 2. The SMILES string of the molecule is Cc1cccc(Nc2ncnc(Nc3cccc4ccc(C)nc34)c2[N+](=O)[O-])c1. The molecule has 8 nitrogen and oxygen atoms in total. The number of aryl methyl sites for hydroxylation is 2. The molecule has 8 heteroatoms. The van der Waals surface area contributed by atoms with E-state index in [1.807, 2.05) is 68.4 Å². The first-order valence-electron chi connectivity index (χ1n) is 8.98. The summed E-state index contributed by atoms with van der Waals surface area (Å²) in [6.45, 7) is 3.84. The average Bonchev–Trinajstić information content (AvgIpc) is 2.68. The Kier molecular flexibility index (Phi) is 4.74. The van der Waals surface area contributed by atoms with Gasteiger partial charge in [-0.3, -0.25) is 15.1 Å². The Balaban J connectivity index is 1.77. The van der Waals surface area contributed by atoms with E-state index in [2.05, 4.69) is 25.6 Å². The fraction of sp³-hybridized carbons (Fsp3) is 0.0952. The molecule has 2 aromatic heterocycles. The van der Waals surface area contributed by atoms with E-state index < -0.39 is 4.92 Å². The summed E-state index contributed by atoms with van der Waals surface area (Å²) in [6.07, 6.45) is 1.29. The van der Waals surface area contributed by atoms with Gasteiger partial charge in [-0.25, -0.2) is 9.97 Å². The van der Waals surface area contributed by atoms with Gasteiger partial charge in [0.1, 0.15) is 6.33 Å². The van der Waals surface area contributed by atoms with Crippen LogP contribution >= 0.6 is 0 Å². The number of nitro groups is 1. The lowest BCUT2D eigenvalue weighted by Gasteiger charge is -2.12. The highest BCUT2D eigenvalue weighted by atomic mass is 16.6. The van der Waals surface area contributed by atoms with Gasteiger partial charge in [-0.05, 0) is 43.7 Å². The summed E-state index contributed by atoms with van der Waals surface area (Å²) >= 11 is 0. The van der Waals surface area contributed by atoms with Gasteiger partial charge in [0.05, 0.1) is 16.1 Å². The second kappa shape index (κ2) is 7.51. The van der Waals surface area contributed by atoms with Crippen LogP contribution in [0.4, 0.5) is 28.7 Å². The summed E-state index contributed by atoms with van der Waals surface area (Å²) in [5.74, 6) is 0.207. The molecule has 2 N–H and O–H groups in total. The molecule has 0 aliphatic carbocycles. The summed E-state index contributed by atoms with van der Waals surface area (Å²) in [4.78, 5) is 24.1.